The molecule has 0 bridgehead atoms. The van der Waals surface area contributed by atoms with E-state index in [0.29, 0.717) is 22.3 Å². The van der Waals surface area contributed by atoms with Gasteiger partial charge in [-0.05, 0) is 19.1 Å². The largest absolute Gasteiger partial charge is 0.386 e. The van der Waals surface area contributed by atoms with Crippen LogP contribution in [0.4, 0.5) is 4.39 Å². The summed E-state index contributed by atoms with van der Waals surface area (Å²) in [7, 11) is 1.75. The molecule has 0 aliphatic rings. The van der Waals surface area contributed by atoms with Crippen LogP contribution in [0, 0.1) is 12.7 Å². The Labute approximate surface area is 137 Å². The van der Waals surface area contributed by atoms with E-state index in [1.165, 1.54) is 12.1 Å². The number of hydrogen-bond acceptors (Lipinski definition) is 4. The van der Waals surface area contributed by atoms with E-state index in [2.05, 4.69) is 15.4 Å². The number of carbonyl (C=O) groups is 1. The van der Waals surface area contributed by atoms with Gasteiger partial charge in [0.2, 0.25) is 0 Å². The van der Waals surface area contributed by atoms with Crippen LogP contribution in [0.2, 0.25) is 0 Å². The van der Waals surface area contributed by atoms with Crippen molar-refractivity contribution in [1.29, 1.82) is 0 Å². The van der Waals surface area contributed by atoms with Gasteiger partial charge in [-0.2, -0.15) is 5.10 Å². The van der Waals surface area contributed by atoms with Crippen LogP contribution in [0.15, 0.2) is 36.5 Å². The van der Waals surface area contributed by atoms with Crippen molar-refractivity contribution >= 4 is 16.9 Å². The molecule has 0 aliphatic carbocycles. The lowest BCUT2D eigenvalue weighted by Gasteiger charge is -2.13. The fourth-order valence-electron chi connectivity index (χ4n) is 2.57. The molecule has 1 unspecified atom stereocenters. The summed E-state index contributed by atoms with van der Waals surface area (Å²) in [5.74, 6) is -0.873. The number of fused-ring (bicyclic) bond motifs is 1. The monoisotopic (exact) mass is 328 g/mol. The van der Waals surface area contributed by atoms with Crippen molar-refractivity contribution in [2.45, 2.75) is 13.0 Å². The highest BCUT2D eigenvalue weighted by Gasteiger charge is 2.17. The Hall–Kier alpha value is -2.80. The van der Waals surface area contributed by atoms with Gasteiger partial charge in [-0.1, -0.05) is 18.2 Å². The molecule has 0 saturated carbocycles. The zero-order valence-corrected chi connectivity index (χ0v) is 13.3. The molecular formula is C17H17FN4O2. The zero-order chi connectivity index (χ0) is 17.3. The highest BCUT2D eigenvalue weighted by atomic mass is 19.1. The average Bonchev–Trinajstić information content (AvgIpc) is 2.93. The number of carbonyl (C=O) groups excluding carboxylic acids is 1. The van der Waals surface area contributed by atoms with Crippen molar-refractivity contribution in [1.82, 2.24) is 20.1 Å². The number of aromatic nitrogens is 3. The van der Waals surface area contributed by atoms with Crippen LogP contribution in [-0.2, 0) is 7.05 Å². The predicted molar refractivity (Wildman–Crippen MR) is 86.9 cm³/mol. The Morgan fingerprint density at radius 2 is 2.17 bits per heavy atom. The number of benzene rings is 1. The van der Waals surface area contributed by atoms with Crippen molar-refractivity contribution in [2.75, 3.05) is 6.54 Å². The number of hydrogen-bond donors (Lipinski definition) is 2. The highest BCUT2D eigenvalue weighted by molar-refractivity contribution is 6.05. The fraction of sp³-hybridized carbons (Fsp3) is 0.235. The van der Waals surface area contributed by atoms with Crippen LogP contribution in [0.1, 0.15) is 27.7 Å². The number of halogens is 1. The molecular weight excluding hydrogens is 311 g/mol. The third-order valence-electron chi connectivity index (χ3n) is 3.80. The summed E-state index contributed by atoms with van der Waals surface area (Å²) in [6, 6.07) is 7.60. The molecule has 3 aromatic rings. The molecule has 6 nitrogen and oxygen atoms in total. The first-order chi connectivity index (χ1) is 11.5. The van der Waals surface area contributed by atoms with Gasteiger partial charge < -0.3 is 10.4 Å². The van der Waals surface area contributed by atoms with Gasteiger partial charge in [0, 0.05) is 24.8 Å². The number of aliphatic hydroxyl groups excluding tert-OH is 1. The van der Waals surface area contributed by atoms with Crippen LogP contribution >= 0.6 is 0 Å². The van der Waals surface area contributed by atoms with Crippen LogP contribution < -0.4 is 5.32 Å². The second kappa shape index (κ2) is 6.37. The summed E-state index contributed by atoms with van der Waals surface area (Å²) in [5.41, 5.74) is 1.86. The van der Waals surface area contributed by atoms with Gasteiger partial charge in [0.25, 0.3) is 5.91 Å². The molecule has 124 valence electrons. The third kappa shape index (κ3) is 2.98. The van der Waals surface area contributed by atoms with Crippen molar-refractivity contribution in [3.63, 3.8) is 0 Å². The first-order valence-electron chi connectivity index (χ1n) is 7.47. The summed E-state index contributed by atoms with van der Waals surface area (Å²) < 4.78 is 15.2. The van der Waals surface area contributed by atoms with Crippen LogP contribution in [0.3, 0.4) is 0 Å². The molecule has 1 atom stereocenters. The SMILES string of the molecule is Cc1cc(C(=O)NCC(O)c2ccccc2F)c2cnn(C)c2n1. The maximum absolute atomic E-state index is 13.7. The van der Waals surface area contributed by atoms with E-state index < -0.39 is 11.9 Å². The molecule has 1 aromatic carbocycles. The van der Waals surface area contributed by atoms with E-state index in [-0.39, 0.29) is 18.0 Å². The van der Waals surface area contributed by atoms with Gasteiger partial charge in [0.05, 0.1) is 23.3 Å². The van der Waals surface area contributed by atoms with Gasteiger partial charge in [-0.3, -0.25) is 9.48 Å². The second-order valence-electron chi connectivity index (χ2n) is 5.56. The van der Waals surface area contributed by atoms with Crippen LogP contribution in [0.5, 0.6) is 0 Å². The maximum atomic E-state index is 13.7. The minimum atomic E-state index is -1.12. The lowest BCUT2D eigenvalue weighted by atomic mass is 10.1. The summed E-state index contributed by atoms with van der Waals surface area (Å²) >= 11 is 0. The third-order valence-corrected chi connectivity index (χ3v) is 3.80. The standard InChI is InChI=1S/C17H17FN4O2/c1-10-7-12(13-8-20-22(2)16(13)21-10)17(24)19-9-15(23)11-5-3-4-6-14(11)18/h3-8,15,23H,9H2,1-2H3,(H,19,24). The Balaban J connectivity index is 1.80. The number of nitrogens with one attached hydrogen (secondary N) is 1. The summed E-state index contributed by atoms with van der Waals surface area (Å²) in [6.07, 6.45) is 0.451. The minimum absolute atomic E-state index is 0.0944. The number of amides is 1. The van der Waals surface area contributed by atoms with E-state index in [0.717, 1.165) is 0 Å². The van der Waals surface area contributed by atoms with Crippen LogP contribution in [0.25, 0.3) is 11.0 Å². The number of aliphatic hydroxyl groups is 1. The molecule has 0 radical (unpaired) electrons. The molecule has 0 fully saturated rings. The molecule has 0 spiro atoms. The molecule has 7 heteroatoms. The quantitative estimate of drug-likeness (QED) is 0.766. The van der Waals surface area contributed by atoms with E-state index in [4.69, 9.17) is 0 Å². The van der Waals surface area contributed by atoms with E-state index in [1.807, 2.05) is 0 Å². The van der Waals surface area contributed by atoms with Crippen LogP contribution in [-0.4, -0.2) is 32.3 Å². The molecule has 24 heavy (non-hydrogen) atoms. The first kappa shape index (κ1) is 16.1. The summed E-state index contributed by atoms with van der Waals surface area (Å²) in [6.45, 7) is 1.69. The van der Waals surface area contributed by atoms with Crippen molar-refractivity contribution in [3.8, 4) is 0 Å². The first-order valence-corrected chi connectivity index (χ1v) is 7.47. The Morgan fingerprint density at radius 3 is 2.92 bits per heavy atom. The van der Waals surface area contributed by atoms with E-state index in [9.17, 15) is 14.3 Å². The molecule has 2 aromatic heterocycles. The van der Waals surface area contributed by atoms with Crippen molar-refractivity contribution in [2.24, 2.45) is 7.05 Å². The molecule has 2 heterocycles. The summed E-state index contributed by atoms with van der Waals surface area (Å²) in [4.78, 5) is 16.8. The van der Waals surface area contributed by atoms with Crippen molar-refractivity contribution in [3.05, 3.63) is 59.2 Å². The maximum Gasteiger partial charge on any atom is 0.252 e. The van der Waals surface area contributed by atoms with Crippen molar-refractivity contribution < 1.29 is 14.3 Å². The number of pyridine rings is 1. The van der Waals surface area contributed by atoms with Gasteiger partial charge in [0.15, 0.2) is 5.65 Å². The van der Waals surface area contributed by atoms with Gasteiger partial charge in [-0.25, -0.2) is 9.37 Å². The Bertz CT molecular complexity index is 907. The number of rotatable bonds is 4. The fourth-order valence-corrected chi connectivity index (χ4v) is 2.57. The lowest BCUT2D eigenvalue weighted by molar-refractivity contribution is 0.0915. The second-order valence-corrected chi connectivity index (χ2v) is 5.56. The molecule has 0 saturated heterocycles. The smallest absolute Gasteiger partial charge is 0.252 e. The summed E-state index contributed by atoms with van der Waals surface area (Å²) in [5, 5.41) is 17.5. The highest BCUT2D eigenvalue weighted by Crippen LogP contribution is 2.19. The Kier molecular flexibility index (Phi) is 4.26. The number of aryl methyl sites for hydroxylation is 2. The Morgan fingerprint density at radius 1 is 1.42 bits per heavy atom. The molecule has 1 amide bonds. The zero-order valence-electron chi connectivity index (χ0n) is 13.3. The molecule has 2 N–H and O–H groups in total. The van der Waals surface area contributed by atoms with E-state index >= 15 is 0 Å². The lowest BCUT2D eigenvalue weighted by Crippen LogP contribution is -2.29. The van der Waals surface area contributed by atoms with Gasteiger partial charge >= 0.3 is 0 Å². The topological polar surface area (TPSA) is 80.0 Å². The minimum Gasteiger partial charge on any atom is -0.386 e. The predicted octanol–water partition coefficient (Wildman–Crippen LogP) is 1.88. The van der Waals surface area contributed by atoms with E-state index in [1.54, 1.807) is 43.0 Å². The average molecular weight is 328 g/mol. The van der Waals surface area contributed by atoms with Gasteiger partial charge in [-0.15, -0.1) is 0 Å². The normalized spacial score (nSPS) is 12.3. The van der Waals surface area contributed by atoms with Gasteiger partial charge in [0.1, 0.15) is 5.82 Å². The number of nitrogens with zero attached hydrogens (tertiary/aromatic N) is 3. The molecule has 0 aliphatic heterocycles. The molecule has 3 rings (SSSR count).